The van der Waals surface area contributed by atoms with Gasteiger partial charge in [-0.1, -0.05) is 66.2 Å². The smallest absolute Gasteiger partial charge is 0.243 e. The predicted molar refractivity (Wildman–Crippen MR) is 128 cm³/mol. The molecule has 0 unspecified atom stereocenters. The second kappa shape index (κ2) is 9.59. The van der Waals surface area contributed by atoms with Crippen molar-refractivity contribution in [3.8, 4) is 17.3 Å². The van der Waals surface area contributed by atoms with E-state index < -0.39 is 10.0 Å². The molecular formula is C25H21ClN4O2S. The highest BCUT2D eigenvalue weighted by molar-refractivity contribution is 7.89. The summed E-state index contributed by atoms with van der Waals surface area (Å²) in [7, 11) is -2.28. The van der Waals surface area contributed by atoms with E-state index in [1.165, 1.54) is 23.5 Å². The van der Waals surface area contributed by atoms with Crippen molar-refractivity contribution >= 4 is 21.6 Å². The highest BCUT2D eigenvalue weighted by Gasteiger charge is 2.24. The summed E-state index contributed by atoms with van der Waals surface area (Å²) in [6.07, 6.45) is 1.85. The van der Waals surface area contributed by atoms with Crippen LogP contribution in [0.2, 0.25) is 5.02 Å². The third-order valence-corrected chi connectivity index (χ3v) is 7.41. The molecular weight excluding hydrogens is 456 g/mol. The quantitative estimate of drug-likeness (QED) is 0.378. The van der Waals surface area contributed by atoms with Gasteiger partial charge in [-0.15, -0.1) is 0 Å². The zero-order chi connectivity index (χ0) is 23.4. The number of rotatable bonds is 7. The lowest BCUT2D eigenvalue weighted by atomic mass is 10.1. The first-order valence-corrected chi connectivity index (χ1v) is 12.0. The van der Waals surface area contributed by atoms with Crippen molar-refractivity contribution in [1.29, 1.82) is 5.26 Å². The number of nitrogens with zero attached hydrogens (tertiary/aromatic N) is 4. The van der Waals surface area contributed by atoms with Gasteiger partial charge in [-0.05, 0) is 29.8 Å². The molecule has 4 aromatic rings. The molecule has 0 saturated carbocycles. The van der Waals surface area contributed by atoms with Gasteiger partial charge < -0.3 is 0 Å². The van der Waals surface area contributed by atoms with Crippen LogP contribution in [0.15, 0.2) is 90.0 Å². The third-order valence-electron chi connectivity index (χ3n) is 5.24. The van der Waals surface area contributed by atoms with E-state index >= 15 is 0 Å². The fourth-order valence-corrected chi connectivity index (χ4v) is 4.92. The molecule has 0 saturated heterocycles. The van der Waals surface area contributed by atoms with Crippen molar-refractivity contribution in [3.05, 3.63) is 107 Å². The van der Waals surface area contributed by atoms with E-state index in [-0.39, 0.29) is 11.4 Å². The minimum Gasteiger partial charge on any atom is -0.267 e. The van der Waals surface area contributed by atoms with Gasteiger partial charge in [0.15, 0.2) is 0 Å². The van der Waals surface area contributed by atoms with Crippen molar-refractivity contribution in [2.75, 3.05) is 7.05 Å². The average molecular weight is 477 g/mol. The van der Waals surface area contributed by atoms with E-state index in [2.05, 4.69) is 0 Å². The predicted octanol–water partition coefficient (Wildman–Crippen LogP) is 4.94. The lowest BCUT2D eigenvalue weighted by Crippen LogP contribution is -2.26. The Labute approximate surface area is 198 Å². The summed E-state index contributed by atoms with van der Waals surface area (Å²) in [4.78, 5) is 0.0776. The lowest BCUT2D eigenvalue weighted by molar-refractivity contribution is 0.467. The molecule has 1 aromatic heterocycles. The Bertz CT molecular complexity index is 1430. The maximum atomic E-state index is 13.2. The van der Waals surface area contributed by atoms with Gasteiger partial charge in [0, 0.05) is 35.9 Å². The standard InChI is InChI=1S/C25H21ClN4O2S/c1-29(33(31,32)23-12-7-8-19(14-23)15-27)16-22-18-30(17-21-11-5-6-13-24(21)26)28-25(22)20-9-3-2-4-10-20/h2-14,18H,16-17H2,1H3. The molecule has 0 bridgehead atoms. The molecule has 166 valence electrons. The zero-order valence-corrected chi connectivity index (χ0v) is 19.5. The van der Waals surface area contributed by atoms with Gasteiger partial charge in [-0.2, -0.15) is 14.7 Å². The minimum atomic E-state index is -3.80. The van der Waals surface area contributed by atoms with E-state index in [4.69, 9.17) is 22.0 Å². The molecule has 8 heteroatoms. The highest BCUT2D eigenvalue weighted by atomic mass is 35.5. The average Bonchev–Trinajstić information content (AvgIpc) is 3.23. The SMILES string of the molecule is CN(Cc1cn(Cc2ccccc2Cl)nc1-c1ccccc1)S(=O)(=O)c1cccc(C#N)c1. The number of nitriles is 1. The van der Waals surface area contributed by atoms with Crippen LogP contribution < -0.4 is 0 Å². The van der Waals surface area contributed by atoms with Crippen LogP contribution in [-0.2, 0) is 23.1 Å². The summed E-state index contributed by atoms with van der Waals surface area (Å²) in [6.45, 7) is 0.575. The van der Waals surface area contributed by atoms with Crippen LogP contribution in [0.4, 0.5) is 0 Å². The summed E-state index contributed by atoms with van der Waals surface area (Å²) in [5.41, 5.74) is 3.57. The topological polar surface area (TPSA) is 79.0 Å². The van der Waals surface area contributed by atoms with E-state index in [1.54, 1.807) is 16.8 Å². The van der Waals surface area contributed by atoms with E-state index in [9.17, 15) is 8.42 Å². The summed E-state index contributed by atoms with van der Waals surface area (Å²) < 4.78 is 29.4. The number of halogens is 1. The van der Waals surface area contributed by atoms with Crippen molar-refractivity contribution in [3.63, 3.8) is 0 Å². The Hall–Kier alpha value is -3.44. The normalized spacial score (nSPS) is 11.5. The minimum absolute atomic E-state index is 0.0776. The molecule has 33 heavy (non-hydrogen) atoms. The number of hydrogen-bond acceptors (Lipinski definition) is 4. The van der Waals surface area contributed by atoms with E-state index in [1.807, 2.05) is 66.9 Å². The van der Waals surface area contributed by atoms with Crippen LogP contribution in [-0.4, -0.2) is 29.6 Å². The first-order chi connectivity index (χ1) is 15.9. The Balaban J connectivity index is 1.69. The van der Waals surface area contributed by atoms with Crippen LogP contribution in [0.3, 0.4) is 0 Å². The van der Waals surface area contributed by atoms with Gasteiger partial charge in [0.2, 0.25) is 10.0 Å². The lowest BCUT2D eigenvalue weighted by Gasteiger charge is -2.17. The maximum Gasteiger partial charge on any atom is 0.243 e. The molecule has 1 heterocycles. The van der Waals surface area contributed by atoms with Gasteiger partial charge in [0.1, 0.15) is 0 Å². The van der Waals surface area contributed by atoms with Crippen LogP contribution in [0.25, 0.3) is 11.3 Å². The fourth-order valence-electron chi connectivity index (χ4n) is 3.53. The van der Waals surface area contributed by atoms with Gasteiger partial charge in [-0.3, -0.25) is 4.68 Å². The summed E-state index contributed by atoms with van der Waals surface area (Å²) in [6, 6.07) is 25.2. The molecule has 0 aliphatic carbocycles. The highest BCUT2D eigenvalue weighted by Crippen LogP contribution is 2.26. The molecule has 0 N–H and O–H groups in total. The Morgan fingerprint density at radius 2 is 1.73 bits per heavy atom. The van der Waals surface area contributed by atoms with Crippen LogP contribution in [0, 0.1) is 11.3 Å². The Morgan fingerprint density at radius 3 is 2.45 bits per heavy atom. The van der Waals surface area contributed by atoms with Crippen LogP contribution >= 0.6 is 11.6 Å². The number of aromatic nitrogens is 2. The zero-order valence-electron chi connectivity index (χ0n) is 17.9. The summed E-state index contributed by atoms with van der Waals surface area (Å²) >= 11 is 6.32. The van der Waals surface area contributed by atoms with Gasteiger partial charge in [-0.25, -0.2) is 8.42 Å². The van der Waals surface area contributed by atoms with E-state index in [0.29, 0.717) is 22.8 Å². The monoisotopic (exact) mass is 476 g/mol. The largest absolute Gasteiger partial charge is 0.267 e. The molecule has 0 atom stereocenters. The molecule has 0 amide bonds. The number of sulfonamides is 1. The van der Waals surface area contributed by atoms with Crippen molar-refractivity contribution in [2.24, 2.45) is 0 Å². The molecule has 0 aliphatic rings. The Morgan fingerprint density at radius 1 is 1.00 bits per heavy atom. The second-order valence-corrected chi connectivity index (χ2v) is 10.0. The second-order valence-electron chi connectivity index (χ2n) is 7.56. The van der Waals surface area contributed by atoms with Crippen molar-refractivity contribution in [2.45, 2.75) is 18.0 Å². The molecule has 6 nitrogen and oxygen atoms in total. The number of benzene rings is 3. The first kappa shape index (κ1) is 22.7. The third kappa shape index (κ3) is 4.99. The van der Waals surface area contributed by atoms with E-state index in [0.717, 1.165) is 16.7 Å². The van der Waals surface area contributed by atoms with Crippen LogP contribution in [0.1, 0.15) is 16.7 Å². The maximum absolute atomic E-state index is 13.2. The molecule has 4 rings (SSSR count). The van der Waals surface area contributed by atoms with Gasteiger partial charge in [0.25, 0.3) is 0 Å². The summed E-state index contributed by atoms with van der Waals surface area (Å²) in [5.74, 6) is 0. The molecule has 0 fully saturated rings. The van der Waals surface area contributed by atoms with Crippen LogP contribution in [0.5, 0.6) is 0 Å². The first-order valence-electron chi connectivity index (χ1n) is 10.2. The fraction of sp³-hybridized carbons (Fsp3) is 0.120. The Kier molecular flexibility index (Phi) is 6.61. The van der Waals surface area contributed by atoms with Gasteiger partial charge in [0.05, 0.1) is 28.8 Å². The molecule has 0 spiro atoms. The molecule has 0 radical (unpaired) electrons. The number of hydrogen-bond donors (Lipinski definition) is 0. The molecule has 0 aliphatic heterocycles. The summed E-state index contributed by atoms with van der Waals surface area (Å²) in [5, 5.41) is 14.5. The molecule has 3 aromatic carbocycles. The van der Waals surface area contributed by atoms with Crippen molar-refractivity contribution in [1.82, 2.24) is 14.1 Å². The van der Waals surface area contributed by atoms with Crippen molar-refractivity contribution < 1.29 is 8.42 Å². The van der Waals surface area contributed by atoms with Gasteiger partial charge >= 0.3 is 0 Å².